The number of benzene rings is 1. The lowest BCUT2D eigenvalue weighted by molar-refractivity contribution is 0.101. The zero-order valence-electron chi connectivity index (χ0n) is 12.4. The molecule has 0 spiro atoms. The summed E-state index contributed by atoms with van der Waals surface area (Å²) >= 11 is 0. The molecule has 0 saturated heterocycles. The van der Waals surface area contributed by atoms with E-state index < -0.39 is 0 Å². The van der Waals surface area contributed by atoms with Gasteiger partial charge in [-0.2, -0.15) is 0 Å². The molecule has 2 nitrogen and oxygen atoms in total. The van der Waals surface area contributed by atoms with Gasteiger partial charge in [0.1, 0.15) is 0 Å². The van der Waals surface area contributed by atoms with E-state index in [1.165, 1.54) is 22.3 Å². The number of ketones is 1. The fourth-order valence-corrected chi connectivity index (χ4v) is 2.38. The lowest BCUT2D eigenvalue weighted by atomic mass is 9.99. The van der Waals surface area contributed by atoms with Crippen LogP contribution in [0.2, 0.25) is 0 Å². The van der Waals surface area contributed by atoms with Gasteiger partial charge in [0.05, 0.1) is 0 Å². The van der Waals surface area contributed by atoms with Crippen LogP contribution in [-0.2, 0) is 0 Å². The smallest absolute Gasteiger partial charge is 0.161 e. The van der Waals surface area contributed by atoms with E-state index in [1.54, 1.807) is 19.3 Å². The zero-order valence-corrected chi connectivity index (χ0v) is 12.4. The van der Waals surface area contributed by atoms with Crippen LogP contribution in [0.1, 0.15) is 45.1 Å². The van der Waals surface area contributed by atoms with Crippen molar-refractivity contribution in [1.82, 2.24) is 4.98 Å². The van der Waals surface area contributed by atoms with Crippen molar-refractivity contribution in [1.29, 1.82) is 0 Å². The van der Waals surface area contributed by atoms with Gasteiger partial charge in [-0.25, -0.2) is 0 Å². The van der Waals surface area contributed by atoms with E-state index in [0.29, 0.717) is 5.56 Å². The molecule has 0 fully saturated rings. The summed E-state index contributed by atoms with van der Waals surface area (Å²) < 4.78 is 0. The Bertz CT molecular complexity index is 661. The SMILES string of the molecule is CC(=O)c1cncc(/C=C/c2c(C)cc(C)cc2C)c1. The number of hydrogen-bond donors (Lipinski definition) is 0. The number of aryl methyl sites for hydroxylation is 3. The third-order valence-corrected chi connectivity index (χ3v) is 3.35. The van der Waals surface area contributed by atoms with Gasteiger partial charge in [0.25, 0.3) is 0 Å². The van der Waals surface area contributed by atoms with E-state index in [1.807, 2.05) is 12.1 Å². The van der Waals surface area contributed by atoms with E-state index in [2.05, 4.69) is 44.0 Å². The molecule has 0 aliphatic heterocycles. The van der Waals surface area contributed by atoms with Crippen molar-refractivity contribution in [3.05, 3.63) is 64.0 Å². The van der Waals surface area contributed by atoms with Crippen LogP contribution in [0.4, 0.5) is 0 Å². The minimum absolute atomic E-state index is 0.0375. The van der Waals surface area contributed by atoms with E-state index in [4.69, 9.17) is 0 Å². The van der Waals surface area contributed by atoms with Crippen LogP contribution >= 0.6 is 0 Å². The largest absolute Gasteiger partial charge is 0.294 e. The molecule has 2 rings (SSSR count). The van der Waals surface area contributed by atoms with Gasteiger partial charge in [0, 0.05) is 18.0 Å². The molecule has 0 aliphatic rings. The molecule has 0 saturated carbocycles. The van der Waals surface area contributed by atoms with Crippen LogP contribution < -0.4 is 0 Å². The highest BCUT2D eigenvalue weighted by atomic mass is 16.1. The van der Waals surface area contributed by atoms with E-state index in [0.717, 1.165) is 5.56 Å². The second-order valence-corrected chi connectivity index (χ2v) is 5.21. The molecule has 1 heterocycles. The Balaban J connectivity index is 2.35. The van der Waals surface area contributed by atoms with E-state index >= 15 is 0 Å². The standard InChI is InChI=1S/C18H19NO/c1-12-7-13(2)18(14(3)8-12)6-5-16-9-17(15(4)20)11-19-10-16/h5-11H,1-4H3/b6-5+. The molecule has 0 aliphatic carbocycles. The highest BCUT2D eigenvalue weighted by Gasteiger charge is 2.02. The molecule has 2 heteroatoms. The molecule has 1 aromatic carbocycles. The van der Waals surface area contributed by atoms with Gasteiger partial charge in [-0.3, -0.25) is 9.78 Å². The first-order valence-electron chi connectivity index (χ1n) is 6.69. The maximum atomic E-state index is 11.4. The molecule has 0 amide bonds. The quantitative estimate of drug-likeness (QED) is 0.771. The Morgan fingerprint density at radius 2 is 1.65 bits per heavy atom. The van der Waals surface area contributed by atoms with Crippen LogP contribution in [0.15, 0.2) is 30.6 Å². The minimum Gasteiger partial charge on any atom is -0.294 e. The summed E-state index contributed by atoms with van der Waals surface area (Å²) in [4.78, 5) is 15.5. The molecule has 0 radical (unpaired) electrons. The van der Waals surface area contributed by atoms with Crippen molar-refractivity contribution >= 4 is 17.9 Å². The molecule has 0 atom stereocenters. The minimum atomic E-state index is 0.0375. The topological polar surface area (TPSA) is 30.0 Å². The number of rotatable bonds is 3. The van der Waals surface area contributed by atoms with Crippen LogP contribution in [0.25, 0.3) is 12.2 Å². The number of hydrogen-bond acceptors (Lipinski definition) is 2. The van der Waals surface area contributed by atoms with Gasteiger partial charge in [0.15, 0.2) is 5.78 Å². The molecule has 0 unspecified atom stereocenters. The molecule has 20 heavy (non-hydrogen) atoms. The van der Waals surface area contributed by atoms with Gasteiger partial charge in [0.2, 0.25) is 0 Å². The molecule has 102 valence electrons. The summed E-state index contributed by atoms with van der Waals surface area (Å²) in [5.41, 5.74) is 6.60. The monoisotopic (exact) mass is 265 g/mol. The first kappa shape index (κ1) is 14.2. The second kappa shape index (κ2) is 5.83. The predicted molar refractivity (Wildman–Crippen MR) is 83.8 cm³/mol. The summed E-state index contributed by atoms with van der Waals surface area (Å²) in [5, 5.41) is 0. The van der Waals surface area contributed by atoms with Crippen molar-refractivity contribution in [2.24, 2.45) is 0 Å². The lowest BCUT2D eigenvalue weighted by Crippen LogP contribution is -1.93. The summed E-state index contributed by atoms with van der Waals surface area (Å²) in [6, 6.07) is 6.22. The number of Topliss-reactive ketones (excluding diaryl/α,β-unsaturated/α-hetero) is 1. The molecular weight excluding hydrogens is 246 g/mol. The summed E-state index contributed by atoms with van der Waals surface area (Å²) in [5.74, 6) is 0.0375. The molecule has 2 aromatic rings. The Morgan fingerprint density at radius 1 is 1.00 bits per heavy atom. The number of carbonyl (C=O) groups excluding carboxylic acids is 1. The van der Waals surface area contributed by atoms with Gasteiger partial charge in [-0.05, 0) is 56.0 Å². The number of carbonyl (C=O) groups is 1. The summed E-state index contributed by atoms with van der Waals surface area (Å²) in [6.45, 7) is 7.89. The van der Waals surface area contributed by atoms with E-state index in [-0.39, 0.29) is 5.78 Å². The van der Waals surface area contributed by atoms with Gasteiger partial charge in [-0.15, -0.1) is 0 Å². The lowest BCUT2D eigenvalue weighted by Gasteiger charge is -2.07. The highest BCUT2D eigenvalue weighted by Crippen LogP contribution is 2.19. The first-order valence-corrected chi connectivity index (χ1v) is 6.69. The van der Waals surface area contributed by atoms with Gasteiger partial charge >= 0.3 is 0 Å². The average Bonchev–Trinajstić information content (AvgIpc) is 2.37. The summed E-state index contributed by atoms with van der Waals surface area (Å²) in [6.07, 6.45) is 7.46. The first-order chi connectivity index (χ1) is 9.47. The molecule has 0 N–H and O–H groups in total. The van der Waals surface area contributed by atoms with Crippen molar-refractivity contribution in [3.8, 4) is 0 Å². The third-order valence-electron chi connectivity index (χ3n) is 3.35. The van der Waals surface area contributed by atoms with Crippen molar-refractivity contribution < 1.29 is 4.79 Å². The van der Waals surface area contributed by atoms with Crippen LogP contribution in [0, 0.1) is 20.8 Å². The zero-order chi connectivity index (χ0) is 14.7. The van der Waals surface area contributed by atoms with Crippen molar-refractivity contribution in [3.63, 3.8) is 0 Å². The van der Waals surface area contributed by atoms with Gasteiger partial charge in [-0.1, -0.05) is 29.8 Å². The van der Waals surface area contributed by atoms with E-state index in [9.17, 15) is 4.79 Å². The molecule has 0 bridgehead atoms. The van der Waals surface area contributed by atoms with Crippen LogP contribution in [0.5, 0.6) is 0 Å². The Labute approximate surface area is 120 Å². The Morgan fingerprint density at radius 3 is 2.25 bits per heavy atom. The normalized spacial score (nSPS) is 11.0. The van der Waals surface area contributed by atoms with Crippen molar-refractivity contribution in [2.75, 3.05) is 0 Å². The Hall–Kier alpha value is -2.22. The average molecular weight is 265 g/mol. The number of nitrogens with zero attached hydrogens (tertiary/aromatic N) is 1. The van der Waals surface area contributed by atoms with Crippen LogP contribution in [-0.4, -0.2) is 10.8 Å². The summed E-state index contributed by atoms with van der Waals surface area (Å²) in [7, 11) is 0. The predicted octanol–water partition coefficient (Wildman–Crippen LogP) is 4.38. The maximum absolute atomic E-state index is 11.4. The van der Waals surface area contributed by atoms with Crippen LogP contribution in [0.3, 0.4) is 0 Å². The molecular formula is C18H19NO. The number of aromatic nitrogens is 1. The number of pyridine rings is 1. The second-order valence-electron chi connectivity index (χ2n) is 5.21. The van der Waals surface area contributed by atoms with Crippen molar-refractivity contribution in [2.45, 2.75) is 27.7 Å². The third kappa shape index (κ3) is 3.21. The highest BCUT2D eigenvalue weighted by molar-refractivity contribution is 5.94. The van der Waals surface area contributed by atoms with Gasteiger partial charge < -0.3 is 0 Å². The maximum Gasteiger partial charge on any atom is 0.161 e. The Kier molecular flexibility index (Phi) is 4.14. The molecule has 1 aromatic heterocycles. The fourth-order valence-electron chi connectivity index (χ4n) is 2.38. The fraction of sp³-hybridized carbons (Fsp3) is 0.222.